The van der Waals surface area contributed by atoms with Crippen LogP contribution < -0.4 is 15.5 Å². The van der Waals surface area contributed by atoms with Gasteiger partial charge in [-0.05, 0) is 6.07 Å². The van der Waals surface area contributed by atoms with E-state index in [1.165, 1.54) is 11.0 Å². The van der Waals surface area contributed by atoms with Gasteiger partial charge in [0.15, 0.2) is 5.82 Å². The Morgan fingerprint density at radius 2 is 2.03 bits per heavy atom. The molecule has 0 radical (unpaired) electrons. The number of anilines is 3. The van der Waals surface area contributed by atoms with Crippen LogP contribution in [0.4, 0.5) is 30.8 Å². The van der Waals surface area contributed by atoms with Crippen molar-refractivity contribution in [3.63, 3.8) is 0 Å². The number of hydrogen-bond acceptors (Lipinski definition) is 9. The molecule has 4 heterocycles. The van der Waals surface area contributed by atoms with Gasteiger partial charge in [0.1, 0.15) is 29.8 Å². The molecule has 4 rings (SSSR count). The molecule has 0 aromatic carbocycles. The summed E-state index contributed by atoms with van der Waals surface area (Å²) in [4.78, 5) is 19.4. The maximum atomic E-state index is 12.3. The van der Waals surface area contributed by atoms with E-state index in [0.717, 1.165) is 26.2 Å². The molecule has 160 valence electrons. The highest BCUT2D eigenvalue weighted by molar-refractivity contribution is 5.88. The molecule has 1 aliphatic heterocycles. The van der Waals surface area contributed by atoms with Gasteiger partial charge in [0.05, 0.1) is 19.3 Å². The van der Waals surface area contributed by atoms with E-state index in [1.807, 2.05) is 0 Å². The lowest BCUT2D eigenvalue weighted by Gasteiger charge is -2.27. The molecular weight excluding hydrogens is 403 g/mol. The summed E-state index contributed by atoms with van der Waals surface area (Å²) in [6.07, 6.45) is 0.193. The Balaban J connectivity index is 1.63. The van der Waals surface area contributed by atoms with E-state index in [2.05, 4.69) is 40.6 Å². The van der Waals surface area contributed by atoms with Gasteiger partial charge < -0.3 is 20.3 Å². The Bertz CT molecular complexity index is 974. The Kier molecular flexibility index (Phi) is 5.90. The molecule has 0 atom stereocenters. The van der Waals surface area contributed by atoms with Crippen LogP contribution in [0.5, 0.6) is 0 Å². The number of nitrogens with one attached hydrogen (secondary N) is 2. The van der Waals surface area contributed by atoms with Gasteiger partial charge in [0, 0.05) is 32.4 Å². The van der Waals surface area contributed by atoms with E-state index in [-0.39, 0.29) is 13.2 Å². The average Bonchev–Trinajstić information content (AvgIpc) is 3.15. The Morgan fingerprint density at radius 3 is 2.77 bits per heavy atom. The van der Waals surface area contributed by atoms with Crippen LogP contribution in [-0.2, 0) is 11.3 Å². The fourth-order valence-corrected chi connectivity index (χ4v) is 3.07. The number of rotatable bonds is 7. The van der Waals surface area contributed by atoms with Gasteiger partial charge in [-0.3, -0.25) is 4.68 Å². The van der Waals surface area contributed by atoms with Gasteiger partial charge in [0.25, 0.3) is 0 Å². The van der Waals surface area contributed by atoms with Crippen molar-refractivity contribution < 1.29 is 17.9 Å². The summed E-state index contributed by atoms with van der Waals surface area (Å²) in [5.41, 5.74) is 1.13. The first-order chi connectivity index (χ1) is 14.5. The summed E-state index contributed by atoms with van der Waals surface area (Å²) in [6.45, 7) is 1.84. The summed E-state index contributed by atoms with van der Waals surface area (Å²) < 4.78 is 43.1. The topological polar surface area (TPSA) is 106 Å². The molecule has 1 aliphatic rings. The average molecular weight is 423 g/mol. The molecule has 0 unspecified atom stereocenters. The number of nitrogens with zero attached hydrogens (tertiary/aromatic N) is 7. The molecule has 0 spiro atoms. The molecule has 1 saturated heterocycles. The molecular formula is C17H20F3N9O. The first kappa shape index (κ1) is 20.2. The van der Waals surface area contributed by atoms with Crippen molar-refractivity contribution in [3.05, 3.63) is 24.8 Å². The molecule has 3 aromatic rings. The van der Waals surface area contributed by atoms with Gasteiger partial charge in [-0.15, -0.1) is 0 Å². The number of ether oxygens (including phenoxy) is 1. The van der Waals surface area contributed by atoms with Crippen LogP contribution in [0, 0.1) is 0 Å². The van der Waals surface area contributed by atoms with Crippen LogP contribution in [0.3, 0.4) is 0 Å². The summed E-state index contributed by atoms with van der Waals surface area (Å²) in [6, 6.07) is 1.69. The number of piperazine rings is 1. The summed E-state index contributed by atoms with van der Waals surface area (Å²) in [5.74, 6) is 1.53. The quantitative estimate of drug-likeness (QED) is 0.545. The monoisotopic (exact) mass is 423 g/mol. The molecule has 3 aromatic heterocycles. The predicted molar refractivity (Wildman–Crippen MR) is 103 cm³/mol. The second-order valence-electron chi connectivity index (χ2n) is 6.60. The SMILES string of the molecule is FC(F)(F)COCCn1ncc2nc(N3CCNCC3)nc(Nc3ccncn3)c21. The third-order valence-corrected chi connectivity index (χ3v) is 4.42. The van der Waals surface area contributed by atoms with Gasteiger partial charge in [-0.25, -0.2) is 15.0 Å². The standard InChI is InChI=1S/C17H20F3N9O/c18-17(19,20)10-30-8-7-29-14-12(9-24-29)25-16(28-5-3-21-4-6-28)27-15(14)26-13-1-2-22-11-23-13/h1-2,9,11,21H,3-8,10H2,(H,22,23,25,26,27). The minimum absolute atomic E-state index is 0.119. The van der Waals surface area contributed by atoms with Crippen molar-refractivity contribution in [1.29, 1.82) is 0 Å². The molecule has 2 N–H and O–H groups in total. The second-order valence-corrected chi connectivity index (χ2v) is 6.60. The number of hydrogen-bond donors (Lipinski definition) is 2. The van der Waals surface area contributed by atoms with Crippen molar-refractivity contribution in [2.24, 2.45) is 0 Å². The zero-order valence-corrected chi connectivity index (χ0v) is 15.9. The van der Waals surface area contributed by atoms with Gasteiger partial charge in [-0.2, -0.15) is 23.3 Å². The van der Waals surface area contributed by atoms with Gasteiger partial charge in [-0.1, -0.05) is 0 Å². The fourth-order valence-electron chi connectivity index (χ4n) is 3.07. The van der Waals surface area contributed by atoms with E-state index in [4.69, 9.17) is 4.74 Å². The van der Waals surface area contributed by atoms with Crippen molar-refractivity contribution in [2.75, 3.05) is 49.6 Å². The van der Waals surface area contributed by atoms with E-state index in [0.29, 0.717) is 28.6 Å². The summed E-state index contributed by atoms with van der Waals surface area (Å²) in [5, 5.41) is 10.7. The minimum atomic E-state index is -4.37. The van der Waals surface area contributed by atoms with Crippen molar-refractivity contribution in [1.82, 2.24) is 35.0 Å². The third-order valence-electron chi connectivity index (χ3n) is 4.42. The van der Waals surface area contributed by atoms with Crippen LogP contribution in [-0.4, -0.2) is 75.3 Å². The maximum Gasteiger partial charge on any atom is 0.411 e. The Labute approximate surface area is 169 Å². The normalized spacial score (nSPS) is 15.0. The van der Waals surface area contributed by atoms with Crippen LogP contribution in [0.25, 0.3) is 11.0 Å². The molecule has 30 heavy (non-hydrogen) atoms. The largest absolute Gasteiger partial charge is 0.411 e. The van der Waals surface area contributed by atoms with E-state index in [9.17, 15) is 13.2 Å². The lowest BCUT2D eigenvalue weighted by atomic mass is 10.3. The number of fused-ring (bicyclic) bond motifs is 1. The summed E-state index contributed by atoms with van der Waals surface area (Å²) in [7, 11) is 0. The summed E-state index contributed by atoms with van der Waals surface area (Å²) >= 11 is 0. The Hall–Kier alpha value is -3.06. The van der Waals surface area contributed by atoms with Crippen molar-refractivity contribution >= 4 is 28.6 Å². The highest BCUT2D eigenvalue weighted by Gasteiger charge is 2.27. The van der Waals surface area contributed by atoms with Crippen molar-refractivity contribution in [3.8, 4) is 0 Å². The molecule has 0 amide bonds. The lowest BCUT2D eigenvalue weighted by Crippen LogP contribution is -2.44. The van der Waals surface area contributed by atoms with Gasteiger partial charge in [0.2, 0.25) is 5.95 Å². The third kappa shape index (κ3) is 4.91. The van der Waals surface area contributed by atoms with E-state index >= 15 is 0 Å². The number of alkyl halides is 3. The molecule has 0 aliphatic carbocycles. The molecule has 1 fully saturated rings. The fraction of sp³-hybridized carbons (Fsp3) is 0.471. The first-order valence-corrected chi connectivity index (χ1v) is 9.36. The second kappa shape index (κ2) is 8.75. The van der Waals surface area contributed by atoms with E-state index < -0.39 is 12.8 Å². The lowest BCUT2D eigenvalue weighted by molar-refractivity contribution is -0.174. The van der Waals surface area contributed by atoms with Crippen LogP contribution >= 0.6 is 0 Å². The van der Waals surface area contributed by atoms with Gasteiger partial charge >= 0.3 is 6.18 Å². The molecule has 10 nitrogen and oxygen atoms in total. The van der Waals surface area contributed by atoms with E-state index in [1.54, 1.807) is 18.5 Å². The highest BCUT2D eigenvalue weighted by atomic mass is 19.4. The van der Waals surface area contributed by atoms with Crippen molar-refractivity contribution in [2.45, 2.75) is 12.7 Å². The smallest absolute Gasteiger partial charge is 0.370 e. The first-order valence-electron chi connectivity index (χ1n) is 9.36. The zero-order valence-electron chi connectivity index (χ0n) is 15.9. The Morgan fingerprint density at radius 1 is 1.20 bits per heavy atom. The zero-order chi connectivity index (χ0) is 21.0. The van der Waals surface area contributed by atoms with Crippen LogP contribution in [0.2, 0.25) is 0 Å². The maximum absolute atomic E-state index is 12.3. The predicted octanol–water partition coefficient (Wildman–Crippen LogP) is 1.35. The molecule has 13 heteroatoms. The highest BCUT2D eigenvalue weighted by Crippen LogP contribution is 2.26. The number of aromatic nitrogens is 6. The number of halogens is 3. The minimum Gasteiger partial charge on any atom is -0.370 e. The van der Waals surface area contributed by atoms with Crippen LogP contribution in [0.15, 0.2) is 24.8 Å². The molecule has 0 saturated carbocycles. The molecule has 0 bridgehead atoms. The van der Waals surface area contributed by atoms with Crippen LogP contribution in [0.1, 0.15) is 0 Å².